The van der Waals surface area contributed by atoms with Crippen molar-refractivity contribution in [1.82, 2.24) is 0 Å². The zero-order valence-corrected chi connectivity index (χ0v) is 12.2. The molecule has 0 atom stereocenters. The van der Waals surface area contributed by atoms with Crippen LogP contribution in [-0.4, -0.2) is 0 Å². The predicted octanol–water partition coefficient (Wildman–Crippen LogP) is 5.82. The molecule has 0 aliphatic carbocycles. The third-order valence-electron chi connectivity index (χ3n) is 4.01. The second kappa shape index (κ2) is 4.49. The molecule has 21 heavy (non-hydrogen) atoms. The molecule has 2 bridgehead atoms. The lowest BCUT2D eigenvalue weighted by molar-refractivity contribution is 0.676. The third-order valence-corrected chi connectivity index (χ3v) is 4.01. The Morgan fingerprint density at radius 1 is 0.619 bits per heavy atom. The van der Waals surface area contributed by atoms with Gasteiger partial charge in [0.25, 0.3) is 0 Å². The van der Waals surface area contributed by atoms with Crippen LogP contribution in [0.3, 0.4) is 0 Å². The highest BCUT2D eigenvalue weighted by Gasteiger charge is 2.16. The summed E-state index contributed by atoms with van der Waals surface area (Å²) >= 11 is 0. The van der Waals surface area contributed by atoms with Gasteiger partial charge in [0.1, 0.15) is 11.2 Å². The Labute approximate surface area is 124 Å². The van der Waals surface area contributed by atoms with Gasteiger partial charge in [-0.1, -0.05) is 59.7 Å². The third kappa shape index (κ3) is 2.02. The summed E-state index contributed by atoms with van der Waals surface area (Å²) < 4.78 is 5.91. The van der Waals surface area contributed by atoms with Crippen LogP contribution >= 0.6 is 0 Å². The molecule has 0 radical (unpaired) electrons. The molecule has 102 valence electrons. The first kappa shape index (κ1) is 12.2. The quantitative estimate of drug-likeness (QED) is 0.448. The second-order valence-electron chi connectivity index (χ2n) is 5.68. The van der Waals surface area contributed by atoms with Gasteiger partial charge in [-0.05, 0) is 37.1 Å². The number of fused-ring (bicyclic) bond motifs is 2. The molecule has 4 aromatic rings. The summed E-state index contributed by atoms with van der Waals surface area (Å²) in [4.78, 5) is 0. The van der Waals surface area contributed by atoms with Crippen LogP contribution in [0, 0.1) is 13.8 Å². The fourth-order valence-corrected chi connectivity index (χ4v) is 2.78. The molecule has 0 saturated carbocycles. The lowest BCUT2D eigenvalue weighted by Crippen LogP contribution is -1.81. The molecule has 2 heterocycles. The van der Waals surface area contributed by atoms with E-state index in [1.807, 2.05) is 0 Å². The highest BCUT2D eigenvalue weighted by Crippen LogP contribution is 2.39. The molecular formula is C20H16O. The van der Waals surface area contributed by atoms with Gasteiger partial charge in [-0.15, -0.1) is 0 Å². The highest BCUT2D eigenvalue weighted by molar-refractivity contribution is 5.97. The van der Waals surface area contributed by atoms with Crippen molar-refractivity contribution >= 4 is 11.2 Å². The van der Waals surface area contributed by atoms with Gasteiger partial charge in [0.15, 0.2) is 0 Å². The average Bonchev–Trinajstić information content (AvgIpc) is 3.09. The van der Waals surface area contributed by atoms with E-state index in [-0.39, 0.29) is 0 Å². The topological polar surface area (TPSA) is 13.1 Å². The van der Waals surface area contributed by atoms with Crippen molar-refractivity contribution in [1.29, 1.82) is 0 Å². The molecule has 0 amide bonds. The van der Waals surface area contributed by atoms with Crippen molar-refractivity contribution in [3.05, 3.63) is 71.8 Å². The molecule has 0 N–H and O–H groups in total. The van der Waals surface area contributed by atoms with Gasteiger partial charge in [0.05, 0.1) is 0 Å². The molecule has 0 fully saturated rings. The van der Waals surface area contributed by atoms with Crippen LogP contribution in [0.25, 0.3) is 33.4 Å². The van der Waals surface area contributed by atoms with Crippen LogP contribution in [0.4, 0.5) is 0 Å². The van der Waals surface area contributed by atoms with Gasteiger partial charge in [-0.25, -0.2) is 0 Å². The van der Waals surface area contributed by atoms with E-state index in [9.17, 15) is 0 Å². The monoisotopic (exact) mass is 272 g/mol. The average molecular weight is 272 g/mol. The van der Waals surface area contributed by atoms with E-state index >= 15 is 0 Å². The first-order chi connectivity index (χ1) is 10.2. The van der Waals surface area contributed by atoms with Crippen LogP contribution in [0.5, 0.6) is 0 Å². The van der Waals surface area contributed by atoms with Crippen LogP contribution < -0.4 is 0 Å². The fourth-order valence-electron chi connectivity index (χ4n) is 2.78. The van der Waals surface area contributed by atoms with Crippen LogP contribution in [0.2, 0.25) is 0 Å². The Kier molecular flexibility index (Phi) is 2.61. The van der Waals surface area contributed by atoms with Crippen LogP contribution in [-0.2, 0) is 0 Å². The van der Waals surface area contributed by atoms with Gasteiger partial charge in [0, 0.05) is 11.1 Å². The standard InChI is InChI=1S/C20H16O/c1-13-3-7-15(8-4-13)18-11-17-12-19(20(18)21-17)16-9-5-14(2)6-10-16/h3-12H,1-2H3. The van der Waals surface area contributed by atoms with Crippen molar-refractivity contribution in [2.24, 2.45) is 0 Å². The van der Waals surface area contributed by atoms with Crippen molar-refractivity contribution in [3.8, 4) is 22.3 Å². The maximum absolute atomic E-state index is 5.91. The smallest absolute Gasteiger partial charge is 0.143 e. The Hall–Kier alpha value is -2.54. The fraction of sp³-hybridized carbons (Fsp3) is 0.100. The lowest BCUT2D eigenvalue weighted by atomic mass is 9.98. The number of furan rings is 2. The molecule has 1 heteroatoms. The maximum atomic E-state index is 5.91. The summed E-state index contributed by atoms with van der Waals surface area (Å²) in [5.74, 6) is 0. The molecule has 0 saturated heterocycles. The van der Waals surface area contributed by atoms with Crippen molar-refractivity contribution in [3.63, 3.8) is 0 Å². The van der Waals surface area contributed by atoms with E-state index in [0.29, 0.717) is 0 Å². The van der Waals surface area contributed by atoms with E-state index < -0.39 is 0 Å². The molecule has 0 unspecified atom stereocenters. The number of rotatable bonds is 2. The molecular weight excluding hydrogens is 256 g/mol. The molecule has 1 nitrogen and oxygen atoms in total. The van der Waals surface area contributed by atoms with Gasteiger partial charge < -0.3 is 4.42 Å². The molecule has 0 aliphatic heterocycles. The van der Waals surface area contributed by atoms with E-state index in [1.54, 1.807) is 0 Å². The summed E-state index contributed by atoms with van der Waals surface area (Å²) in [5, 5.41) is 0. The van der Waals surface area contributed by atoms with Crippen molar-refractivity contribution in [2.75, 3.05) is 0 Å². The summed E-state index contributed by atoms with van der Waals surface area (Å²) in [6.45, 7) is 4.21. The first-order valence-corrected chi connectivity index (χ1v) is 7.21. The molecule has 2 aromatic carbocycles. The largest absolute Gasteiger partial charge is 0.456 e. The zero-order chi connectivity index (χ0) is 14.4. The zero-order valence-electron chi connectivity index (χ0n) is 12.2. The highest BCUT2D eigenvalue weighted by atomic mass is 16.3. The van der Waals surface area contributed by atoms with Gasteiger partial charge in [-0.2, -0.15) is 0 Å². The Morgan fingerprint density at radius 2 is 1.05 bits per heavy atom. The molecule has 0 spiro atoms. The van der Waals surface area contributed by atoms with E-state index in [4.69, 9.17) is 4.42 Å². The number of benzene rings is 3. The first-order valence-electron chi connectivity index (χ1n) is 7.21. The number of hydrogen-bond acceptors (Lipinski definition) is 1. The van der Waals surface area contributed by atoms with Crippen molar-refractivity contribution < 1.29 is 4.42 Å². The summed E-state index contributed by atoms with van der Waals surface area (Å²) in [6.07, 6.45) is 0. The summed E-state index contributed by atoms with van der Waals surface area (Å²) in [5.41, 5.74) is 9.26. The van der Waals surface area contributed by atoms with Crippen LogP contribution in [0.1, 0.15) is 11.1 Å². The van der Waals surface area contributed by atoms with Crippen LogP contribution in [0.15, 0.2) is 65.1 Å². The normalized spacial score (nSPS) is 11.3. The minimum Gasteiger partial charge on any atom is -0.456 e. The molecule has 2 aromatic heterocycles. The van der Waals surface area contributed by atoms with E-state index in [1.165, 1.54) is 33.4 Å². The molecule has 0 aliphatic rings. The van der Waals surface area contributed by atoms with Crippen molar-refractivity contribution in [2.45, 2.75) is 13.8 Å². The van der Waals surface area contributed by atoms with Gasteiger partial charge >= 0.3 is 0 Å². The number of aryl methyl sites for hydroxylation is 2. The Bertz CT molecular complexity index is 810. The minimum atomic E-state index is 0.941. The Morgan fingerprint density at radius 3 is 1.43 bits per heavy atom. The predicted molar refractivity (Wildman–Crippen MR) is 87.7 cm³/mol. The van der Waals surface area contributed by atoms with Gasteiger partial charge in [-0.3, -0.25) is 0 Å². The Balaban J connectivity index is 1.86. The SMILES string of the molecule is Cc1ccc(-c2cc3cc(-c4ccc(C)cc4)c2o3)cc1. The van der Waals surface area contributed by atoms with E-state index in [2.05, 4.69) is 74.5 Å². The maximum Gasteiger partial charge on any atom is 0.143 e. The molecule has 4 rings (SSSR count). The van der Waals surface area contributed by atoms with E-state index in [0.717, 1.165) is 11.2 Å². The lowest BCUT2D eigenvalue weighted by Gasteiger charge is -2.04. The summed E-state index contributed by atoms with van der Waals surface area (Å²) in [6, 6.07) is 21.4. The second-order valence-corrected chi connectivity index (χ2v) is 5.68. The number of hydrogen-bond donors (Lipinski definition) is 0. The van der Waals surface area contributed by atoms with Gasteiger partial charge in [0.2, 0.25) is 0 Å². The summed E-state index contributed by atoms with van der Waals surface area (Å²) in [7, 11) is 0. The minimum absolute atomic E-state index is 0.941.